The van der Waals surface area contributed by atoms with Crippen molar-refractivity contribution < 1.29 is 4.79 Å². The molecule has 0 bridgehead atoms. The lowest BCUT2D eigenvalue weighted by molar-refractivity contribution is -0.134. The number of rotatable bonds is 2. The molecule has 0 aromatic carbocycles. The van der Waals surface area contributed by atoms with E-state index >= 15 is 0 Å². The molecule has 1 saturated heterocycles. The molecule has 1 atom stereocenters. The van der Waals surface area contributed by atoms with Gasteiger partial charge in [0, 0.05) is 40.3 Å². The second-order valence-electron chi connectivity index (χ2n) is 3.69. The summed E-state index contributed by atoms with van der Waals surface area (Å²) >= 11 is 0. The maximum atomic E-state index is 11.6. The second-order valence-corrected chi connectivity index (χ2v) is 3.69. The third-order valence-electron chi connectivity index (χ3n) is 2.50. The summed E-state index contributed by atoms with van der Waals surface area (Å²) in [5.74, 6) is 0.196. The number of carbonyl (C=O) groups excluding carboxylic acids is 1. The van der Waals surface area contributed by atoms with E-state index in [1.165, 1.54) is 0 Å². The first-order valence-corrected chi connectivity index (χ1v) is 4.79. The van der Waals surface area contributed by atoms with Crippen molar-refractivity contribution in [3.63, 3.8) is 0 Å². The van der Waals surface area contributed by atoms with Crippen LogP contribution in [0.4, 0.5) is 0 Å². The molecule has 0 aromatic rings. The van der Waals surface area contributed by atoms with E-state index in [0.717, 1.165) is 26.2 Å². The summed E-state index contributed by atoms with van der Waals surface area (Å²) in [4.78, 5) is 15.5. The van der Waals surface area contributed by atoms with Crippen molar-refractivity contribution in [3.05, 3.63) is 0 Å². The molecule has 1 fully saturated rings. The van der Waals surface area contributed by atoms with Crippen LogP contribution in [0.25, 0.3) is 0 Å². The minimum absolute atomic E-state index is 0.0251. The molecule has 4 heteroatoms. The van der Waals surface area contributed by atoms with Gasteiger partial charge in [0.2, 0.25) is 5.91 Å². The van der Waals surface area contributed by atoms with Gasteiger partial charge in [-0.2, -0.15) is 0 Å². The summed E-state index contributed by atoms with van der Waals surface area (Å²) < 4.78 is 0. The topological polar surface area (TPSA) is 35.6 Å². The highest BCUT2D eigenvalue weighted by molar-refractivity contribution is 5.80. The maximum absolute atomic E-state index is 11.6. The summed E-state index contributed by atoms with van der Waals surface area (Å²) in [6.45, 7) is 5.91. The van der Waals surface area contributed by atoms with Gasteiger partial charge in [-0.05, 0) is 6.92 Å². The Labute approximate surface area is 79.9 Å². The molecule has 1 N–H and O–H groups in total. The minimum atomic E-state index is 0.0251. The van der Waals surface area contributed by atoms with E-state index in [-0.39, 0.29) is 11.9 Å². The van der Waals surface area contributed by atoms with Gasteiger partial charge < -0.3 is 10.2 Å². The van der Waals surface area contributed by atoms with E-state index in [9.17, 15) is 4.79 Å². The van der Waals surface area contributed by atoms with Gasteiger partial charge in [0.25, 0.3) is 0 Å². The number of piperazine rings is 1. The number of nitrogens with zero attached hydrogens (tertiary/aromatic N) is 2. The fourth-order valence-corrected chi connectivity index (χ4v) is 1.60. The van der Waals surface area contributed by atoms with Crippen molar-refractivity contribution in [2.75, 3.05) is 40.3 Å². The van der Waals surface area contributed by atoms with E-state index in [2.05, 4.69) is 10.2 Å². The van der Waals surface area contributed by atoms with Crippen LogP contribution in [0.2, 0.25) is 0 Å². The molecule has 1 amide bonds. The number of hydrogen-bond acceptors (Lipinski definition) is 3. The number of amides is 1. The number of nitrogens with one attached hydrogen (secondary N) is 1. The largest absolute Gasteiger partial charge is 0.347 e. The zero-order chi connectivity index (χ0) is 9.84. The lowest BCUT2D eigenvalue weighted by Gasteiger charge is -2.33. The fourth-order valence-electron chi connectivity index (χ4n) is 1.60. The molecule has 0 unspecified atom stereocenters. The highest BCUT2D eigenvalue weighted by Crippen LogP contribution is 2.02. The standard InChI is InChI=1S/C9H19N3O/c1-8(9(13)11(2)3)12-6-4-10-5-7-12/h8,10H,4-7H2,1-3H3/t8-/m0/s1. The lowest BCUT2D eigenvalue weighted by Crippen LogP contribution is -2.52. The van der Waals surface area contributed by atoms with Crippen LogP contribution in [0.5, 0.6) is 0 Å². The minimum Gasteiger partial charge on any atom is -0.347 e. The molecule has 1 aliphatic heterocycles. The Morgan fingerprint density at radius 2 is 1.92 bits per heavy atom. The molecule has 0 spiro atoms. The summed E-state index contributed by atoms with van der Waals surface area (Å²) in [5.41, 5.74) is 0. The van der Waals surface area contributed by atoms with Crippen molar-refractivity contribution in [2.24, 2.45) is 0 Å². The molecule has 76 valence electrons. The van der Waals surface area contributed by atoms with Crippen molar-refractivity contribution in [1.29, 1.82) is 0 Å². The third-order valence-corrected chi connectivity index (χ3v) is 2.50. The third kappa shape index (κ3) is 2.67. The van der Waals surface area contributed by atoms with Gasteiger partial charge >= 0.3 is 0 Å². The van der Waals surface area contributed by atoms with Crippen molar-refractivity contribution >= 4 is 5.91 Å². The van der Waals surface area contributed by atoms with E-state index in [1.54, 1.807) is 19.0 Å². The number of likely N-dealkylation sites (N-methyl/N-ethyl adjacent to an activating group) is 1. The average molecular weight is 185 g/mol. The Balaban J connectivity index is 2.45. The van der Waals surface area contributed by atoms with Gasteiger partial charge in [0.1, 0.15) is 0 Å². The van der Waals surface area contributed by atoms with Crippen LogP contribution in [0, 0.1) is 0 Å². The molecule has 0 radical (unpaired) electrons. The second kappa shape index (κ2) is 4.58. The van der Waals surface area contributed by atoms with Gasteiger partial charge in [0.05, 0.1) is 6.04 Å². The molecule has 0 aliphatic carbocycles. The summed E-state index contributed by atoms with van der Waals surface area (Å²) in [6.07, 6.45) is 0. The van der Waals surface area contributed by atoms with E-state index < -0.39 is 0 Å². The van der Waals surface area contributed by atoms with Crippen LogP contribution in [0.3, 0.4) is 0 Å². The van der Waals surface area contributed by atoms with Crippen LogP contribution >= 0.6 is 0 Å². The number of carbonyl (C=O) groups is 1. The van der Waals surface area contributed by atoms with Gasteiger partial charge in [-0.25, -0.2) is 0 Å². The molecule has 0 saturated carbocycles. The van der Waals surface area contributed by atoms with Crippen molar-refractivity contribution in [2.45, 2.75) is 13.0 Å². The molecule has 1 rings (SSSR count). The van der Waals surface area contributed by atoms with Crippen LogP contribution in [0.15, 0.2) is 0 Å². The average Bonchev–Trinajstić information content (AvgIpc) is 2.17. The molecule has 0 aromatic heterocycles. The maximum Gasteiger partial charge on any atom is 0.239 e. The monoisotopic (exact) mass is 185 g/mol. The van der Waals surface area contributed by atoms with Crippen molar-refractivity contribution in [1.82, 2.24) is 15.1 Å². The predicted molar refractivity (Wildman–Crippen MR) is 52.6 cm³/mol. The smallest absolute Gasteiger partial charge is 0.239 e. The Bertz CT molecular complexity index is 176. The SMILES string of the molecule is C[C@@H](C(=O)N(C)C)N1CCNCC1. The Kier molecular flexibility index (Phi) is 3.69. The summed E-state index contributed by atoms with van der Waals surface area (Å²) in [7, 11) is 3.61. The van der Waals surface area contributed by atoms with Crippen molar-refractivity contribution in [3.8, 4) is 0 Å². The van der Waals surface area contributed by atoms with Crippen LogP contribution in [-0.2, 0) is 4.79 Å². The van der Waals surface area contributed by atoms with Gasteiger partial charge in [0.15, 0.2) is 0 Å². The molecular formula is C9H19N3O. The summed E-state index contributed by atoms with van der Waals surface area (Å²) in [6, 6.07) is 0.0251. The molecule has 13 heavy (non-hydrogen) atoms. The highest BCUT2D eigenvalue weighted by Gasteiger charge is 2.23. The van der Waals surface area contributed by atoms with E-state index in [0.29, 0.717) is 0 Å². The van der Waals surface area contributed by atoms with Crippen LogP contribution < -0.4 is 5.32 Å². The van der Waals surface area contributed by atoms with E-state index in [1.807, 2.05) is 6.92 Å². The van der Waals surface area contributed by atoms with Gasteiger partial charge in [-0.15, -0.1) is 0 Å². The summed E-state index contributed by atoms with van der Waals surface area (Å²) in [5, 5.41) is 3.27. The Morgan fingerprint density at radius 1 is 1.38 bits per heavy atom. The quantitative estimate of drug-likeness (QED) is 0.622. The highest BCUT2D eigenvalue weighted by atomic mass is 16.2. The normalized spacial score (nSPS) is 21.2. The van der Waals surface area contributed by atoms with Gasteiger partial charge in [-0.3, -0.25) is 9.69 Å². The number of hydrogen-bond donors (Lipinski definition) is 1. The molecule has 4 nitrogen and oxygen atoms in total. The van der Waals surface area contributed by atoms with Crippen LogP contribution in [0.1, 0.15) is 6.92 Å². The first kappa shape index (κ1) is 10.5. The zero-order valence-corrected chi connectivity index (χ0v) is 8.71. The Hall–Kier alpha value is -0.610. The first-order valence-electron chi connectivity index (χ1n) is 4.79. The molecular weight excluding hydrogens is 166 g/mol. The first-order chi connectivity index (χ1) is 6.13. The predicted octanol–water partition coefficient (Wildman–Crippen LogP) is -0.632. The fraction of sp³-hybridized carbons (Fsp3) is 0.889. The van der Waals surface area contributed by atoms with Crippen LogP contribution in [-0.4, -0.2) is 62.0 Å². The van der Waals surface area contributed by atoms with Gasteiger partial charge in [-0.1, -0.05) is 0 Å². The molecule has 1 aliphatic rings. The Morgan fingerprint density at radius 3 is 2.38 bits per heavy atom. The molecule has 1 heterocycles. The lowest BCUT2D eigenvalue weighted by atomic mass is 10.2. The zero-order valence-electron chi connectivity index (χ0n) is 8.71. The van der Waals surface area contributed by atoms with E-state index in [4.69, 9.17) is 0 Å².